The summed E-state index contributed by atoms with van der Waals surface area (Å²) < 4.78 is 0. The fourth-order valence-electron chi connectivity index (χ4n) is 7.19. The maximum absolute atomic E-state index is 13.7. The lowest BCUT2D eigenvalue weighted by atomic mass is 9.91. The van der Waals surface area contributed by atoms with Gasteiger partial charge in [0.1, 0.15) is 0 Å². The molecule has 2 fully saturated rings. The molecule has 0 aromatic heterocycles. The minimum absolute atomic E-state index is 0.0442. The summed E-state index contributed by atoms with van der Waals surface area (Å²) >= 11 is 0. The summed E-state index contributed by atoms with van der Waals surface area (Å²) in [6.07, 6.45) is 1.32. The molecule has 0 aliphatic heterocycles. The van der Waals surface area contributed by atoms with Gasteiger partial charge in [-0.25, -0.2) is 0 Å². The molecular weight excluding hydrogens is 576 g/mol. The highest BCUT2D eigenvalue weighted by Gasteiger charge is 2.62. The van der Waals surface area contributed by atoms with Gasteiger partial charge >= 0.3 is 0 Å². The fraction of sp³-hybridized carbons (Fsp3) is 0.421. The van der Waals surface area contributed by atoms with Crippen molar-refractivity contribution < 1.29 is 19.2 Å². The molecule has 0 bridgehead atoms. The van der Waals surface area contributed by atoms with Gasteiger partial charge < -0.3 is 20.4 Å². The van der Waals surface area contributed by atoms with Gasteiger partial charge in [-0.3, -0.25) is 19.2 Å². The van der Waals surface area contributed by atoms with Crippen LogP contribution in [0.5, 0.6) is 0 Å². The van der Waals surface area contributed by atoms with Gasteiger partial charge in [0.15, 0.2) is 0 Å². The predicted molar refractivity (Wildman–Crippen MR) is 179 cm³/mol. The summed E-state index contributed by atoms with van der Waals surface area (Å²) in [6.45, 7) is 11.1. The van der Waals surface area contributed by atoms with Crippen molar-refractivity contribution in [2.24, 2.45) is 11.8 Å². The highest BCUT2D eigenvalue weighted by atomic mass is 16.2. The van der Waals surface area contributed by atoms with Crippen molar-refractivity contribution in [3.05, 3.63) is 107 Å². The standard InChI is InChI=1S/C38H46N4O4/c1-5-41(6-2)35(45)37(27-17-11-9-12-18-27)23-29(37)25-39-33(43)31-21-15-16-22-32(31)34(44)40-26-30-24-38(30,28-19-13-10-14-20-28)36(46)42(7-3)8-4/h9-22,29-30H,5-8,23-26H2,1-4H3,(H,39,43)(H,40,44)/t29-,30-,37+,38+/m1/s1. The van der Waals surface area contributed by atoms with Crippen molar-refractivity contribution in [3.8, 4) is 0 Å². The highest BCUT2D eigenvalue weighted by Crippen LogP contribution is 2.56. The van der Waals surface area contributed by atoms with Crippen molar-refractivity contribution in [3.63, 3.8) is 0 Å². The molecule has 0 heterocycles. The zero-order valence-corrected chi connectivity index (χ0v) is 27.4. The lowest BCUT2D eigenvalue weighted by Gasteiger charge is -2.26. The topological polar surface area (TPSA) is 98.8 Å². The summed E-state index contributed by atoms with van der Waals surface area (Å²) in [5, 5.41) is 6.05. The third-order valence-corrected chi connectivity index (χ3v) is 10.1. The van der Waals surface area contributed by atoms with Gasteiger partial charge in [-0.05, 0) is 75.6 Å². The van der Waals surface area contributed by atoms with Gasteiger partial charge in [0, 0.05) is 39.3 Å². The van der Waals surface area contributed by atoms with Crippen LogP contribution in [-0.4, -0.2) is 72.7 Å². The molecule has 0 spiro atoms. The molecule has 0 unspecified atom stereocenters. The third kappa shape index (κ3) is 6.05. The number of hydrogen-bond donors (Lipinski definition) is 2. The van der Waals surface area contributed by atoms with E-state index in [2.05, 4.69) is 10.6 Å². The number of nitrogens with zero attached hydrogens (tertiary/aromatic N) is 2. The van der Waals surface area contributed by atoms with E-state index in [-0.39, 0.29) is 46.6 Å². The summed E-state index contributed by atoms with van der Waals surface area (Å²) in [7, 11) is 0. The summed E-state index contributed by atoms with van der Waals surface area (Å²) in [5.41, 5.74) is 1.19. The van der Waals surface area contributed by atoms with Crippen molar-refractivity contribution in [2.45, 2.75) is 51.4 Å². The molecule has 8 nitrogen and oxygen atoms in total. The average molecular weight is 623 g/mol. The molecule has 3 aromatic carbocycles. The molecule has 8 heteroatoms. The van der Waals surface area contributed by atoms with E-state index in [1.807, 2.05) is 98.2 Å². The fourth-order valence-corrected chi connectivity index (χ4v) is 7.19. The van der Waals surface area contributed by atoms with Gasteiger partial charge in [0.2, 0.25) is 11.8 Å². The van der Waals surface area contributed by atoms with Crippen LogP contribution in [0.1, 0.15) is 72.4 Å². The van der Waals surface area contributed by atoms with Crippen molar-refractivity contribution >= 4 is 23.6 Å². The van der Waals surface area contributed by atoms with Gasteiger partial charge in [-0.15, -0.1) is 0 Å². The van der Waals surface area contributed by atoms with Crippen LogP contribution in [0.2, 0.25) is 0 Å². The first-order valence-corrected chi connectivity index (χ1v) is 16.6. The van der Waals surface area contributed by atoms with E-state index in [0.717, 1.165) is 11.1 Å². The monoisotopic (exact) mass is 622 g/mol. The number of carbonyl (C=O) groups excluding carboxylic acids is 4. The Balaban J connectivity index is 1.26. The molecule has 4 atom stereocenters. The summed E-state index contributed by atoms with van der Waals surface area (Å²) in [5.74, 6) is -0.606. The highest BCUT2D eigenvalue weighted by molar-refractivity contribution is 6.07. The zero-order chi connectivity index (χ0) is 32.9. The van der Waals surface area contributed by atoms with Crippen LogP contribution in [0.15, 0.2) is 84.9 Å². The van der Waals surface area contributed by atoms with Crippen molar-refractivity contribution in [1.82, 2.24) is 20.4 Å². The van der Waals surface area contributed by atoms with Gasteiger partial charge in [0.05, 0.1) is 22.0 Å². The maximum Gasteiger partial charge on any atom is 0.252 e. The lowest BCUT2D eigenvalue weighted by molar-refractivity contribution is -0.134. The first-order chi connectivity index (χ1) is 22.3. The third-order valence-electron chi connectivity index (χ3n) is 10.1. The molecule has 5 rings (SSSR count). The predicted octanol–water partition coefficient (Wildman–Crippen LogP) is 4.80. The van der Waals surface area contributed by atoms with Crippen LogP contribution in [0, 0.1) is 11.8 Å². The second-order valence-corrected chi connectivity index (χ2v) is 12.4. The number of amides is 4. The van der Waals surface area contributed by atoms with E-state index in [1.54, 1.807) is 24.3 Å². The van der Waals surface area contributed by atoms with Crippen LogP contribution in [0.3, 0.4) is 0 Å². The molecular formula is C38H46N4O4. The van der Waals surface area contributed by atoms with Crippen LogP contribution < -0.4 is 10.6 Å². The van der Waals surface area contributed by atoms with Gasteiger partial charge in [-0.2, -0.15) is 0 Å². The Kier molecular flexibility index (Phi) is 9.94. The second-order valence-electron chi connectivity index (χ2n) is 12.4. The Bertz CT molecular complexity index is 1440. The molecule has 0 radical (unpaired) electrons. The molecule has 46 heavy (non-hydrogen) atoms. The van der Waals surface area contributed by atoms with E-state index in [0.29, 0.717) is 52.1 Å². The minimum Gasteiger partial charge on any atom is -0.352 e. The number of nitrogens with one attached hydrogen (secondary N) is 2. The molecule has 2 aliphatic rings. The molecule has 4 amide bonds. The molecule has 2 aliphatic carbocycles. The Hall–Kier alpha value is -4.46. The number of carbonyl (C=O) groups is 4. The Morgan fingerprint density at radius 1 is 0.565 bits per heavy atom. The molecule has 242 valence electrons. The molecule has 3 aromatic rings. The second kappa shape index (κ2) is 13.9. The Morgan fingerprint density at radius 2 is 0.891 bits per heavy atom. The average Bonchev–Trinajstić information content (AvgIpc) is 4.02. The Morgan fingerprint density at radius 3 is 1.22 bits per heavy atom. The van der Waals surface area contributed by atoms with Crippen LogP contribution in [0.4, 0.5) is 0 Å². The largest absolute Gasteiger partial charge is 0.352 e. The number of likely N-dealkylation sites (N-methyl/N-ethyl adjacent to an activating group) is 2. The summed E-state index contributed by atoms with van der Waals surface area (Å²) in [4.78, 5) is 58.1. The molecule has 0 saturated heterocycles. The zero-order valence-electron chi connectivity index (χ0n) is 27.4. The molecule has 2 N–H and O–H groups in total. The quantitative estimate of drug-likeness (QED) is 0.270. The van der Waals surface area contributed by atoms with E-state index in [4.69, 9.17) is 0 Å². The first-order valence-electron chi connectivity index (χ1n) is 16.6. The van der Waals surface area contributed by atoms with E-state index in [9.17, 15) is 19.2 Å². The SMILES string of the molecule is CCN(CC)C(=O)[C@]1(c2ccccc2)C[C@@H]1CNC(=O)c1ccccc1C(=O)NC[C@H]1C[C@]1(C(=O)N(CC)CC)c1ccccc1. The van der Waals surface area contributed by atoms with Crippen LogP contribution in [0.25, 0.3) is 0 Å². The minimum atomic E-state index is -0.657. The summed E-state index contributed by atoms with van der Waals surface area (Å²) in [6, 6.07) is 26.4. The molecule has 2 saturated carbocycles. The van der Waals surface area contributed by atoms with Crippen LogP contribution in [-0.2, 0) is 20.4 Å². The van der Waals surface area contributed by atoms with Gasteiger partial charge in [-0.1, -0.05) is 72.8 Å². The number of benzene rings is 3. The van der Waals surface area contributed by atoms with Crippen molar-refractivity contribution in [2.75, 3.05) is 39.3 Å². The number of rotatable bonds is 14. The van der Waals surface area contributed by atoms with Crippen molar-refractivity contribution in [1.29, 1.82) is 0 Å². The van der Waals surface area contributed by atoms with E-state index in [1.165, 1.54) is 0 Å². The first kappa shape index (κ1) is 32.9. The maximum atomic E-state index is 13.7. The number of hydrogen-bond acceptors (Lipinski definition) is 4. The lowest BCUT2D eigenvalue weighted by Crippen LogP contribution is -2.42. The van der Waals surface area contributed by atoms with E-state index < -0.39 is 10.8 Å². The van der Waals surface area contributed by atoms with E-state index >= 15 is 0 Å². The smallest absolute Gasteiger partial charge is 0.252 e. The van der Waals surface area contributed by atoms with Crippen LogP contribution >= 0.6 is 0 Å². The van der Waals surface area contributed by atoms with Gasteiger partial charge in [0.25, 0.3) is 11.8 Å². The normalized spacial score (nSPS) is 22.8. The Labute approximate surface area is 272 Å².